The average Bonchev–Trinajstić information content (AvgIpc) is 2.76. The Morgan fingerprint density at radius 1 is 1.43 bits per heavy atom. The smallest absolute Gasteiger partial charge is 0.245 e. The highest BCUT2D eigenvalue weighted by Crippen LogP contribution is 2.26. The Bertz CT molecular complexity index is 567. The fourth-order valence-electron chi connectivity index (χ4n) is 1.39. The molecule has 1 aromatic heterocycles. The molecule has 0 amide bonds. The standard InChI is InChI=1S/C13H23BrN2O4S/c1-9(2)15-7-10-6-11(12(14)20-10)21(17,18)16-8-13(3,4)19-5/h6,9,15-16H,7-8H2,1-5H3. The van der Waals surface area contributed by atoms with Crippen LogP contribution in [-0.2, 0) is 21.3 Å². The van der Waals surface area contributed by atoms with Gasteiger partial charge in [-0.2, -0.15) is 0 Å². The first-order valence-electron chi connectivity index (χ1n) is 6.64. The van der Waals surface area contributed by atoms with Gasteiger partial charge >= 0.3 is 0 Å². The van der Waals surface area contributed by atoms with Gasteiger partial charge in [-0.25, -0.2) is 13.1 Å². The van der Waals surface area contributed by atoms with Gasteiger partial charge in [-0.1, -0.05) is 13.8 Å². The molecule has 0 saturated heterocycles. The number of methoxy groups -OCH3 is 1. The van der Waals surface area contributed by atoms with Crippen LogP contribution >= 0.6 is 15.9 Å². The van der Waals surface area contributed by atoms with E-state index in [0.29, 0.717) is 12.3 Å². The summed E-state index contributed by atoms with van der Waals surface area (Å²) in [5.41, 5.74) is -0.578. The van der Waals surface area contributed by atoms with Crippen LogP contribution in [0.5, 0.6) is 0 Å². The fraction of sp³-hybridized carbons (Fsp3) is 0.692. The summed E-state index contributed by atoms with van der Waals surface area (Å²) in [5.74, 6) is 0.557. The summed E-state index contributed by atoms with van der Waals surface area (Å²) in [6, 6.07) is 1.80. The number of nitrogens with one attached hydrogen (secondary N) is 2. The summed E-state index contributed by atoms with van der Waals surface area (Å²) < 4.78 is 37.9. The Labute approximate surface area is 134 Å². The molecule has 0 aliphatic heterocycles. The summed E-state index contributed by atoms with van der Waals surface area (Å²) in [6.45, 7) is 8.25. The molecule has 0 spiro atoms. The van der Waals surface area contributed by atoms with Gasteiger partial charge in [-0.3, -0.25) is 0 Å². The lowest BCUT2D eigenvalue weighted by Crippen LogP contribution is -2.39. The highest BCUT2D eigenvalue weighted by Gasteiger charge is 2.26. The second kappa shape index (κ2) is 7.23. The zero-order valence-electron chi connectivity index (χ0n) is 13.0. The van der Waals surface area contributed by atoms with Crippen molar-refractivity contribution in [2.45, 2.75) is 50.8 Å². The molecule has 6 nitrogen and oxygen atoms in total. The van der Waals surface area contributed by atoms with Crippen molar-refractivity contribution in [3.05, 3.63) is 16.5 Å². The van der Waals surface area contributed by atoms with Crippen LogP contribution in [0.15, 0.2) is 20.0 Å². The molecule has 0 aliphatic carbocycles. The number of halogens is 1. The zero-order chi connectivity index (χ0) is 16.3. The van der Waals surface area contributed by atoms with Crippen molar-refractivity contribution in [1.29, 1.82) is 0 Å². The summed E-state index contributed by atoms with van der Waals surface area (Å²) in [5, 5.41) is 3.17. The van der Waals surface area contributed by atoms with Crippen LogP contribution in [0.3, 0.4) is 0 Å². The number of rotatable bonds is 8. The van der Waals surface area contributed by atoms with Crippen LogP contribution in [0, 0.1) is 0 Å². The number of furan rings is 1. The molecule has 0 bridgehead atoms. The molecule has 21 heavy (non-hydrogen) atoms. The van der Waals surface area contributed by atoms with Crippen molar-refractivity contribution in [3.63, 3.8) is 0 Å². The van der Waals surface area contributed by atoms with Gasteiger partial charge in [0.25, 0.3) is 0 Å². The van der Waals surface area contributed by atoms with Crippen molar-refractivity contribution < 1.29 is 17.6 Å². The first-order valence-corrected chi connectivity index (χ1v) is 8.91. The normalized spacial score (nSPS) is 13.1. The van der Waals surface area contributed by atoms with Crippen molar-refractivity contribution in [3.8, 4) is 0 Å². The molecule has 2 N–H and O–H groups in total. The predicted octanol–water partition coefficient (Wildman–Crippen LogP) is 2.24. The maximum absolute atomic E-state index is 12.3. The predicted molar refractivity (Wildman–Crippen MR) is 84.7 cm³/mol. The second-order valence-electron chi connectivity index (χ2n) is 5.67. The van der Waals surface area contributed by atoms with Gasteiger partial charge in [-0.15, -0.1) is 0 Å². The van der Waals surface area contributed by atoms with Gasteiger partial charge in [0.1, 0.15) is 10.7 Å². The Morgan fingerprint density at radius 3 is 2.57 bits per heavy atom. The van der Waals surface area contributed by atoms with Gasteiger partial charge in [0.05, 0.1) is 12.1 Å². The van der Waals surface area contributed by atoms with E-state index in [-0.39, 0.29) is 22.2 Å². The number of hydrogen-bond acceptors (Lipinski definition) is 5. The highest BCUT2D eigenvalue weighted by atomic mass is 79.9. The Kier molecular flexibility index (Phi) is 6.42. The van der Waals surface area contributed by atoms with Crippen LogP contribution in [0.2, 0.25) is 0 Å². The highest BCUT2D eigenvalue weighted by molar-refractivity contribution is 9.10. The van der Waals surface area contributed by atoms with Crippen molar-refractivity contribution in [2.24, 2.45) is 0 Å². The number of hydrogen-bond donors (Lipinski definition) is 2. The maximum atomic E-state index is 12.3. The molecule has 0 radical (unpaired) electrons. The van der Waals surface area contributed by atoms with Crippen LogP contribution in [0.1, 0.15) is 33.5 Å². The number of ether oxygens (including phenoxy) is 1. The molecule has 0 fully saturated rings. The SMILES string of the molecule is COC(C)(C)CNS(=O)(=O)c1cc(CNC(C)C)oc1Br. The first-order chi connectivity index (χ1) is 9.57. The molecule has 0 aliphatic rings. The summed E-state index contributed by atoms with van der Waals surface area (Å²) in [6.07, 6.45) is 0. The Morgan fingerprint density at radius 2 is 2.05 bits per heavy atom. The Hall–Kier alpha value is -0.410. The van der Waals surface area contributed by atoms with E-state index < -0.39 is 15.6 Å². The van der Waals surface area contributed by atoms with Crippen molar-refractivity contribution in [1.82, 2.24) is 10.0 Å². The topological polar surface area (TPSA) is 80.6 Å². The summed E-state index contributed by atoms with van der Waals surface area (Å²) in [7, 11) is -2.11. The van der Waals surface area contributed by atoms with E-state index in [9.17, 15) is 8.42 Å². The Balaban J connectivity index is 2.84. The first kappa shape index (κ1) is 18.6. The van der Waals surface area contributed by atoms with E-state index in [0.717, 1.165) is 0 Å². The summed E-state index contributed by atoms with van der Waals surface area (Å²) in [4.78, 5) is 0.0926. The third-order valence-corrected chi connectivity index (χ3v) is 5.18. The van der Waals surface area contributed by atoms with Gasteiger partial charge in [0.15, 0.2) is 4.67 Å². The molecule has 1 rings (SSSR count). The molecule has 1 heterocycles. The van der Waals surface area contributed by atoms with Crippen LogP contribution in [0.4, 0.5) is 0 Å². The van der Waals surface area contributed by atoms with E-state index in [4.69, 9.17) is 9.15 Å². The quantitative estimate of drug-likeness (QED) is 0.720. The molecular weight excluding hydrogens is 360 g/mol. The van der Waals surface area contributed by atoms with E-state index in [1.165, 1.54) is 13.2 Å². The van der Waals surface area contributed by atoms with Crippen molar-refractivity contribution in [2.75, 3.05) is 13.7 Å². The zero-order valence-corrected chi connectivity index (χ0v) is 15.4. The average molecular weight is 383 g/mol. The van der Waals surface area contributed by atoms with Crippen LogP contribution < -0.4 is 10.0 Å². The molecule has 0 aromatic carbocycles. The molecule has 8 heteroatoms. The molecule has 0 unspecified atom stereocenters. The monoisotopic (exact) mass is 382 g/mol. The molecule has 1 aromatic rings. The van der Waals surface area contributed by atoms with E-state index in [1.54, 1.807) is 13.8 Å². The van der Waals surface area contributed by atoms with E-state index in [2.05, 4.69) is 26.0 Å². The molecule has 122 valence electrons. The lowest BCUT2D eigenvalue weighted by Gasteiger charge is -2.22. The molecular formula is C13H23BrN2O4S. The van der Waals surface area contributed by atoms with Gasteiger partial charge < -0.3 is 14.5 Å². The molecule has 0 saturated carbocycles. The van der Waals surface area contributed by atoms with Crippen molar-refractivity contribution >= 4 is 26.0 Å². The fourth-order valence-corrected chi connectivity index (χ4v) is 3.59. The lowest BCUT2D eigenvalue weighted by atomic mass is 10.1. The van der Waals surface area contributed by atoms with E-state index in [1.807, 2.05) is 13.8 Å². The third-order valence-electron chi connectivity index (χ3n) is 2.92. The van der Waals surface area contributed by atoms with Crippen LogP contribution in [0.25, 0.3) is 0 Å². The minimum atomic E-state index is -3.65. The number of sulfonamides is 1. The second-order valence-corrected chi connectivity index (χ2v) is 8.13. The third kappa shape index (κ3) is 5.71. The largest absolute Gasteiger partial charge is 0.452 e. The van der Waals surface area contributed by atoms with Crippen LogP contribution in [-0.4, -0.2) is 33.7 Å². The van der Waals surface area contributed by atoms with Gasteiger partial charge in [0.2, 0.25) is 10.0 Å². The lowest BCUT2D eigenvalue weighted by molar-refractivity contribution is 0.0276. The van der Waals surface area contributed by atoms with E-state index >= 15 is 0 Å². The molecule has 0 atom stereocenters. The van der Waals surface area contributed by atoms with Gasteiger partial charge in [-0.05, 0) is 29.8 Å². The minimum Gasteiger partial charge on any atom is -0.452 e. The van der Waals surface area contributed by atoms with Gasteiger partial charge in [0, 0.05) is 25.8 Å². The minimum absolute atomic E-state index is 0.0926. The maximum Gasteiger partial charge on any atom is 0.245 e. The summed E-state index contributed by atoms with van der Waals surface area (Å²) >= 11 is 3.15.